The maximum atomic E-state index is 13.9. The molecule has 0 aliphatic carbocycles. The van der Waals surface area contributed by atoms with E-state index in [4.69, 9.17) is 9.47 Å². The molecule has 0 unspecified atom stereocenters. The molecule has 9 heteroatoms. The number of methoxy groups -OCH3 is 1. The van der Waals surface area contributed by atoms with Gasteiger partial charge in [-0.2, -0.15) is 0 Å². The molecule has 3 N–H and O–H groups in total. The molecule has 0 aliphatic rings. The molecule has 8 nitrogen and oxygen atoms in total. The normalized spacial score (nSPS) is 11.4. The molecule has 0 radical (unpaired) electrons. The Bertz CT molecular complexity index is 964. The average molecular weight is 445 g/mol. The zero-order valence-electron chi connectivity index (χ0n) is 18.5. The molecule has 0 bridgehead atoms. The summed E-state index contributed by atoms with van der Waals surface area (Å²) in [6.07, 6.45) is 0.821. The molecular weight excluding hydrogens is 417 g/mol. The van der Waals surface area contributed by atoms with Crippen molar-refractivity contribution in [2.45, 2.75) is 33.2 Å². The van der Waals surface area contributed by atoms with E-state index in [1.54, 1.807) is 19.9 Å². The zero-order chi connectivity index (χ0) is 23.7. The zero-order valence-corrected chi connectivity index (χ0v) is 18.5. The summed E-state index contributed by atoms with van der Waals surface area (Å²) in [5.41, 5.74) is 4.68. The monoisotopic (exact) mass is 445 g/mol. The number of benzene rings is 2. The van der Waals surface area contributed by atoms with Crippen molar-refractivity contribution in [1.82, 2.24) is 16.2 Å². The minimum atomic E-state index is -0.998. The lowest BCUT2D eigenvalue weighted by atomic mass is 10.0. The van der Waals surface area contributed by atoms with Crippen LogP contribution in [-0.4, -0.2) is 37.5 Å². The van der Waals surface area contributed by atoms with E-state index >= 15 is 0 Å². The van der Waals surface area contributed by atoms with Gasteiger partial charge in [0.25, 0.3) is 17.7 Å². The first-order valence-corrected chi connectivity index (χ1v) is 10.2. The van der Waals surface area contributed by atoms with Gasteiger partial charge in [-0.15, -0.1) is 0 Å². The Kier molecular flexibility index (Phi) is 9.00. The average Bonchev–Trinajstić information content (AvgIpc) is 2.79. The van der Waals surface area contributed by atoms with Crippen molar-refractivity contribution in [1.29, 1.82) is 0 Å². The number of hydrogen-bond donors (Lipinski definition) is 3. The fourth-order valence-corrected chi connectivity index (χ4v) is 2.81. The highest BCUT2D eigenvalue weighted by Crippen LogP contribution is 2.28. The molecule has 2 rings (SSSR count). The van der Waals surface area contributed by atoms with Crippen molar-refractivity contribution in [2.75, 3.05) is 13.7 Å². The van der Waals surface area contributed by atoms with Crippen molar-refractivity contribution < 1.29 is 28.2 Å². The van der Waals surface area contributed by atoms with Gasteiger partial charge in [0, 0.05) is 5.56 Å². The molecule has 0 aromatic heterocycles. The predicted octanol–water partition coefficient (Wildman–Crippen LogP) is 2.84. The first-order chi connectivity index (χ1) is 15.3. The molecule has 0 spiro atoms. The van der Waals surface area contributed by atoms with Crippen LogP contribution < -0.4 is 25.6 Å². The van der Waals surface area contributed by atoms with Crippen molar-refractivity contribution >= 4 is 17.7 Å². The van der Waals surface area contributed by atoms with Crippen LogP contribution in [0.15, 0.2) is 42.5 Å². The van der Waals surface area contributed by atoms with Gasteiger partial charge >= 0.3 is 0 Å². The highest BCUT2D eigenvalue weighted by atomic mass is 19.1. The lowest BCUT2D eigenvalue weighted by Crippen LogP contribution is -2.54. The second-order valence-corrected chi connectivity index (χ2v) is 7.33. The van der Waals surface area contributed by atoms with Crippen LogP contribution in [0, 0.1) is 11.7 Å². The van der Waals surface area contributed by atoms with Crippen LogP contribution in [0.3, 0.4) is 0 Å². The lowest BCUT2D eigenvalue weighted by molar-refractivity contribution is -0.124. The van der Waals surface area contributed by atoms with Crippen LogP contribution in [0.5, 0.6) is 11.5 Å². The van der Waals surface area contributed by atoms with Gasteiger partial charge in [0.05, 0.1) is 19.3 Å². The highest BCUT2D eigenvalue weighted by Gasteiger charge is 2.26. The van der Waals surface area contributed by atoms with Gasteiger partial charge in [-0.05, 0) is 42.7 Å². The number of nitrogens with one attached hydrogen (secondary N) is 3. The van der Waals surface area contributed by atoms with E-state index in [-0.39, 0.29) is 17.0 Å². The van der Waals surface area contributed by atoms with Crippen LogP contribution in [0.25, 0.3) is 0 Å². The molecule has 0 fully saturated rings. The fraction of sp³-hybridized carbons (Fsp3) is 0.348. The van der Waals surface area contributed by atoms with Crippen molar-refractivity contribution in [3.8, 4) is 11.5 Å². The van der Waals surface area contributed by atoms with Crippen LogP contribution in [0.2, 0.25) is 0 Å². The first-order valence-electron chi connectivity index (χ1n) is 10.2. The number of carbonyl (C=O) groups excluding carboxylic acids is 3. The third-order valence-corrected chi connectivity index (χ3v) is 4.54. The number of hydrazine groups is 1. The van der Waals surface area contributed by atoms with Gasteiger partial charge in [0.2, 0.25) is 0 Å². The second-order valence-electron chi connectivity index (χ2n) is 7.33. The van der Waals surface area contributed by atoms with Crippen molar-refractivity contribution in [3.05, 3.63) is 59.4 Å². The van der Waals surface area contributed by atoms with Crippen LogP contribution in [0.4, 0.5) is 4.39 Å². The maximum Gasteiger partial charge on any atom is 0.269 e. The number of halogens is 1. The van der Waals surface area contributed by atoms with Crippen LogP contribution in [-0.2, 0) is 4.79 Å². The molecule has 0 saturated carbocycles. The maximum absolute atomic E-state index is 13.9. The Balaban J connectivity index is 2.03. The molecule has 0 aliphatic heterocycles. The Labute approximate surface area is 186 Å². The summed E-state index contributed by atoms with van der Waals surface area (Å²) < 4.78 is 24.7. The fourth-order valence-electron chi connectivity index (χ4n) is 2.81. The van der Waals surface area contributed by atoms with Crippen LogP contribution in [0.1, 0.15) is 47.9 Å². The third-order valence-electron chi connectivity index (χ3n) is 4.54. The highest BCUT2D eigenvalue weighted by molar-refractivity contribution is 5.99. The van der Waals surface area contributed by atoms with Gasteiger partial charge in [-0.3, -0.25) is 25.2 Å². The van der Waals surface area contributed by atoms with E-state index in [9.17, 15) is 18.8 Å². The van der Waals surface area contributed by atoms with E-state index < -0.39 is 29.6 Å². The largest absolute Gasteiger partial charge is 0.493 e. The van der Waals surface area contributed by atoms with E-state index in [1.807, 2.05) is 6.92 Å². The quantitative estimate of drug-likeness (QED) is 0.515. The van der Waals surface area contributed by atoms with Gasteiger partial charge in [-0.25, -0.2) is 4.39 Å². The summed E-state index contributed by atoms with van der Waals surface area (Å²) in [7, 11) is 1.46. The second kappa shape index (κ2) is 11.7. The summed E-state index contributed by atoms with van der Waals surface area (Å²) >= 11 is 0. The van der Waals surface area contributed by atoms with Gasteiger partial charge in [0.1, 0.15) is 11.9 Å². The summed E-state index contributed by atoms with van der Waals surface area (Å²) in [4.78, 5) is 37.4. The van der Waals surface area contributed by atoms with Crippen LogP contribution >= 0.6 is 0 Å². The number of amides is 3. The number of ether oxygens (including phenoxy) is 2. The summed E-state index contributed by atoms with van der Waals surface area (Å²) in [6.45, 7) is 5.91. The summed E-state index contributed by atoms with van der Waals surface area (Å²) in [5, 5.41) is 2.50. The molecule has 0 saturated heterocycles. The smallest absolute Gasteiger partial charge is 0.269 e. The Morgan fingerprint density at radius 1 is 1.00 bits per heavy atom. The standard InChI is InChI=1S/C23H28FN3O5/c1-5-12-32-18-11-10-15(13-19(18)31-4)21(28)26-27-23(30)20(14(2)3)25-22(29)16-8-6-7-9-17(16)24/h6-11,13-14,20H,5,12H2,1-4H3,(H,25,29)(H,26,28)(H,27,30)/t20-/m0/s1. The minimum absolute atomic E-state index is 0.174. The molecule has 32 heavy (non-hydrogen) atoms. The van der Waals surface area contributed by atoms with E-state index in [2.05, 4.69) is 16.2 Å². The molecule has 2 aromatic rings. The molecule has 0 heterocycles. The molecule has 1 atom stereocenters. The topological polar surface area (TPSA) is 106 Å². The van der Waals surface area contributed by atoms with Crippen molar-refractivity contribution in [2.24, 2.45) is 5.92 Å². The Hall–Kier alpha value is -3.62. The number of hydrogen-bond acceptors (Lipinski definition) is 5. The van der Waals surface area contributed by atoms with Gasteiger partial charge < -0.3 is 14.8 Å². The molecular formula is C23H28FN3O5. The SMILES string of the molecule is CCCOc1ccc(C(=O)NNC(=O)[C@@H](NC(=O)c2ccccc2F)C(C)C)cc1OC. The van der Waals surface area contributed by atoms with Crippen molar-refractivity contribution in [3.63, 3.8) is 0 Å². The minimum Gasteiger partial charge on any atom is -0.493 e. The summed E-state index contributed by atoms with van der Waals surface area (Å²) in [5.74, 6) is -2.08. The number of carbonyl (C=O) groups is 3. The van der Waals surface area contributed by atoms with E-state index in [0.29, 0.717) is 18.1 Å². The Morgan fingerprint density at radius 2 is 1.72 bits per heavy atom. The Morgan fingerprint density at radius 3 is 2.34 bits per heavy atom. The lowest BCUT2D eigenvalue weighted by Gasteiger charge is -2.22. The molecule has 172 valence electrons. The molecule has 3 amide bonds. The first kappa shape index (κ1) is 24.6. The van der Waals surface area contributed by atoms with Gasteiger partial charge in [0.15, 0.2) is 11.5 Å². The number of rotatable bonds is 9. The third kappa shape index (κ3) is 6.44. The summed E-state index contributed by atoms with van der Waals surface area (Å²) in [6, 6.07) is 9.11. The van der Waals surface area contributed by atoms with E-state index in [0.717, 1.165) is 12.5 Å². The van der Waals surface area contributed by atoms with E-state index in [1.165, 1.54) is 37.4 Å². The molecule has 2 aromatic carbocycles. The predicted molar refractivity (Wildman–Crippen MR) is 117 cm³/mol. The van der Waals surface area contributed by atoms with Gasteiger partial charge in [-0.1, -0.05) is 32.9 Å².